The van der Waals surface area contributed by atoms with Crippen LogP contribution in [0.25, 0.3) is 0 Å². The van der Waals surface area contributed by atoms with Gasteiger partial charge in [0.1, 0.15) is 29.3 Å². The van der Waals surface area contributed by atoms with E-state index in [9.17, 15) is 19.2 Å². The van der Waals surface area contributed by atoms with Crippen molar-refractivity contribution in [2.45, 2.75) is 111 Å². The molecule has 3 amide bonds. The molecule has 0 radical (unpaired) electrons. The van der Waals surface area contributed by atoms with Gasteiger partial charge in [-0.3, -0.25) is 9.59 Å². The summed E-state index contributed by atoms with van der Waals surface area (Å²) in [7, 11) is 0. The number of aryl methyl sites for hydroxylation is 1. The highest BCUT2D eigenvalue weighted by atomic mass is 16.6. The van der Waals surface area contributed by atoms with E-state index < -0.39 is 53.2 Å². The third-order valence-electron chi connectivity index (χ3n) is 6.53. The summed E-state index contributed by atoms with van der Waals surface area (Å²) in [5.74, 6) is -1.47. The summed E-state index contributed by atoms with van der Waals surface area (Å²) in [4.78, 5) is 56.0. The third kappa shape index (κ3) is 12.0. The summed E-state index contributed by atoms with van der Waals surface area (Å²) >= 11 is 0. The molecule has 0 aliphatic carbocycles. The van der Waals surface area contributed by atoms with Crippen LogP contribution in [-0.4, -0.2) is 58.6 Å². The van der Waals surface area contributed by atoms with Gasteiger partial charge in [0.25, 0.3) is 0 Å². The number of esters is 1. The normalized spacial score (nSPS) is 13.8. The number of carbonyl (C=O) groups is 4. The minimum atomic E-state index is -1.08. The highest BCUT2D eigenvalue weighted by Crippen LogP contribution is 2.25. The van der Waals surface area contributed by atoms with Crippen molar-refractivity contribution in [3.05, 3.63) is 71.3 Å². The van der Waals surface area contributed by atoms with E-state index in [2.05, 4.69) is 10.6 Å². The van der Waals surface area contributed by atoms with E-state index in [1.54, 1.807) is 54.5 Å². The van der Waals surface area contributed by atoms with Gasteiger partial charge in [0.05, 0.1) is 0 Å². The molecule has 0 aromatic heterocycles. The van der Waals surface area contributed by atoms with Gasteiger partial charge in [-0.05, 0) is 78.9 Å². The number of benzene rings is 2. The van der Waals surface area contributed by atoms with Crippen molar-refractivity contribution in [3.63, 3.8) is 0 Å². The molecule has 44 heavy (non-hydrogen) atoms. The topological polar surface area (TPSA) is 114 Å². The van der Waals surface area contributed by atoms with E-state index in [0.717, 1.165) is 11.1 Å². The molecule has 3 atom stereocenters. The number of nitrogens with zero attached hydrogens (tertiary/aromatic N) is 1. The maximum absolute atomic E-state index is 14.3. The van der Waals surface area contributed by atoms with E-state index >= 15 is 0 Å². The lowest BCUT2D eigenvalue weighted by Gasteiger charge is -2.35. The van der Waals surface area contributed by atoms with Gasteiger partial charge in [0.2, 0.25) is 11.8 Å². The molecule has 0 aliphatic rings. The molecule has 9 nitrogen and oxygen atoms in total. The van der Waals surface area contributed by atoms with Crippen LogP contribution in [0.4, 0.5) is 4.79 Å². The van der Waals surface area contributed by atoms with Gasteiger partial charge in [0.15, 0.2) is 0 Å². The van der Waals surface area contributed by atoms with E-state index in [-0.39, 0.29) is 18.9 Å². The molecule has 0 fully saturated rings. The molecule has 0 spiro atoms. The van der Waals surface area contributed by atoms with Crippen LogP contribution in [-0.2, 0) is 30.3 Å². The van der Waals surface area contributed by atoms with Gasteiger partial charge in [-0.2, -0.15) is 0 Å². The zero-order chi connectivity index (χ0) is 33.2. The molecule has 9 heteroatoms. The predicted molar refractivity (Wildman–Crippen MR) is 172 cm³/mol. The van der Waals surface area contributed by atoms with E-state index in [0.29, 0.717) is 12.0 Å². The fourth-order valence-electron chi connectivity index (χ4n) is 4.79. The molecule has 242 valence electrons. The Hall–Kier alpha value is -3.88. The maximum atomic E-state index is 14.3. The van der Waals surface area contributed by atoms with Crippen molar-refractivity contribution in [3.8, 4) is 0 Å². The number of hydrogen-bond donors (Lipinski definition) is 2. The molecule has 0 saturated heterocycles. The lowest BCUT2D eigenvalue weighted by molar-refractivity contribution is -0.159. The first-order valence-electron chi connectivity index (χ1n) is 15.3. The van der Waals surface area contributed by atoms with Gasteiger partial charge in [-0.15, -0.1) is 0 Å². The Kier molecular flexibility index (Phi) is 13.0. The lowest BCUT2D eigenvalue weighted by Crippen LogP contribution is -2.55. The number of ether oxygens (including phenoxy) is 2. The van der Waals surface area contributed by atoms with Crippen LogP contribution in [0.15, 0.2) is 54.6 Å². The van der Waals surface area contributed by atoms with Crippen LogP contribution in [0.2, 0.25) is 0 Å². The Bertz CT molecular complexity index is 1260. The zero-order valence-electron chi connectivity index (χ0n) is 28.0. The predicted octanol–water partition coefficient (Wildman–Crippen LogP) is 5.89. The Morgan fingerprint density at radius 2 is 1.43 bits per heavy atom. The number of amides is 3. The third-order valence-corrected chi connectivity index (χ3v) is 6.53. The monoisotopic (exact) mass is 609 g/mol. The molecule has 0 saturated carbocycles. The Labute approximate surface area is 263 Å². The fraction of sp³-hybridized carbons (Fsp3) is 0.543. The largest absolute Gasteiger partial charge is 0.458 e. The second-order valence-electron chi connectivity index (χ2n) is 13.6. The number of alkyl carbamates (subject to hydrolysis) is 1. The van der Waals surface area contributed by atoms with Crippen LogP contribution in [0.5, 0.6) is 0 Å². The molecular weight excluding hydrogens is 558 g/mol. The van der Waals surface area contributed by atoms with Gasteiger partial charge >= 0.3 is 12.1 Å². The van der Waals surface area contributed by atoms with Crippen LogP contribution in [0, 0.1) is 12.8 Å². The highest BCUT2D eigenvalue weighted by Gasteiger charge is 2.38. The molecule has 2 aromatic carbocycles. The smallest absolute Gasteiger partial charge is 0.408 e. The number of nitrogens with one attached hydrogen (secondary N) is 2. The van der Waals surface area contributed by atoms with E-state index in [1.807, 2.05) is 69.3 Å². The first-order valence-corrected chi connectivity index (χ1v) is 15.3. The van der Waals surface area contributed by atoms with Crippen molar-refractivity contribution < 1.29 is 28.7 Å². The second kappa shape index (κ2) is 15.7. The molecule has 3 unspecified atom stereocenters. The minimum Gasteiger partial charge on any atom is -0.458 e. The molecule has 2 rings (SSSR count). The first-order chi connectivity index (χ1) is 20.4. The quantitative estimate of drug-likeness (QED) is 0.290. The number of carbonyl (C=O) groups excluding carboxylic acids is 4. The zero-order valence-corrected chi connectivity index (χ0v) is 28.0. The average Bonchev–Trinajstić information content (AvgIpc) is 2.88. The van der Waals surface area contributed by atoms with Crippen molar-refractivity contribution in [2.75, 3.05) is 6.54 Å². The van der Waals surface area contributed by atoms with Crippen LogP contribution in [0.1, 0.15) is 91.5 Å². The number of rotatable bonds is 12. The number of hydrogen-bond acceptors (Lipinski definition) is 6. The van der Waals surface area contributed by atoms with E-state index in [1.165, 1.54) is 4.90 Å². The van der Waals surface area contributed by atoms with Gasteiger partial charge in [-0.25, -0.2) is 9.59 Å². The highest BCUT2D eigenvalue weighted by molar-refractivity contribution is 5.94. The summed E-state index contributed by atoms with van der Waals surface area (Å²) in [6.45, 7) is 18.3. The Morgan fingerprint density at radius 1 is 0.818 bits per heavy atom. The SMILES string of the molecule is CCN(C(=O)C(CC(C)C)NC(=O)OC(C)(C)C)C(C(=O)NC(Cc1ccccc1)C(=O)OC(C)(C)C)c1cccc(C)c1. The lowest BCUT2D eigenvalue weighted by atomic mass is 9.97. The van der Waals surface area contributed by atoms with Crippen molar-refractivity contribution in [1.29, 1.82) is 0 Å². The fourth-order valence-corrected chi connectivity index (χ4v) is 4.79. The molecule has 0 bridgehead atoms. The molecule has 0 aliphatic heterocycles. The standard InChI is InChI=1S/C35H51N3O6/c1-11-38(31(40)27(20-23(2)3)37-33(42)44-35(8,9)10)29(26-19-15-16-24(4)21-26)30(39)36-28(32(41)43-34(5,6)7)22-25-17-13-12-14-18-25/h12-19,21,23,27-29H,11,20,22H2,1-10H3,(H,36,39)(H,37,42). The summed E-state index contributed by atoms with van der Waals surface area (Å²) in [5, 5.41) is 5.64. The summed E-state index contributed by atoms with van der Waals surface area (Å²) < 4.78 is 11.1. The number of likely N-dealkylation sites (N-methyl/N-ethyl adjacent to an activating group) is 1. The molecule has 2 N–H and O–H groups in total. The van der Waals surface area contributed by atoms with Gasteiger partial charge in [0, 0.05) is 13.0 Å². The van der Waals surface area contributed by atoms with Crippen LogP contribution in [0.3, 0.4) is 0 Å². The van der Waals surface area contributed by atoms with Gasteiger partial charge < -0.3 is 25.0 Å². The van der Waals surface area contributed by atoms with Crippen molar-refractivity contribution >= 4 is 23.9 Å². The first kappa shape index (κ1) is 36.3. The van der Waals surface area contributed by atoms with Gasteiger partial charge in [-0.1, -0.05) is 74.0 Å². The van der Waals surface area contributed by atoms with Crippen LogP contribution < -0.4 is 10.6 Å². The van der Waals surface area contributed by atoms with Crippen molar-refractivity contribution in [2.24, 2.45) is 5.92 Å². The summed E-state index contributed by atoms with van der Waals surface area (Å²) in [5.41, 5.74) is 0.815. The average molecular weight is 610 g/mol. The minimum absolute atomic E-state index is 0.0614. The second-order valence-corrected chi connectivity index (χ2v) is 13.6. The molecular formula is C35H51N3O6. The Balaban J connectivity index is 2.53. The summed E-state index contributed by atoms with van der Waals surface area (Å²) in [6, 6.07) is 13.7. The Morgan fingerprint density at radius 3 is 1.95 bits per heavy atom. The maximum Gasteiger partial charge on any atom is 0.408 e. The molecule has 2 aromatic rings. The van der Waals surface area contributed by atoms with Crippen molar-refractivity contribution in [1.82, 2.24) is 15.5 Å². The van der Waals surface area contributed by atoms with Crippen LogP contribution >= 0.6 is 0 Å². The molecule has 0 heterocycles. The summed E-state index contributed by atoms with van der Waals surface area (Å²) in [6.07, 6.45) is -0.166. The van der Waals surface area contributed by atoms with E-state index in [4.69, 9.17) is 9.47 Å².